The number of thiazole rings is 1. The first-order chi connectivity index (χ1) is 11.6. The second kappa shape index (κ2) is 7.27. The number of carbonyl (C=O) groups excluding carboxylic acids is 1. The van der Waals surface area contributed by atoms with E-state index >= 15 is 0 Å². The quantitative estimate of drug-likeness (QED) is 0.723. The van der Waals surface area contributed by atoms with Crippen molar-refractivity contribution >= 4 is 22.9 Å². The molecule has 0 radical (unpaired) electrons. The van der Waals surface area contributed by atoms with Gasteiger partial charge in [0.15, 0.2) is 0 Å². The van der Waals surface area contributed by atoms with Gasteiger partial charge in [-0.2, -0.15) is 0 Å². The summed E-state index contributed by atoms with van der Waals surface area (Å²) < 4.78 is 5.74. The minimum Gasteiger partial charge on any atom is -0.489 e. The van der Waals surface area contributed by atoms with E-state index in [1.54, 1.807) is 23.6 Å². The standard InChI is InChI=1S/C19H18N2O2S/c1-13(2)23-17-9-4-3-8-16(17)21-18(22)14-6-5-7-15(12-14)19-20-10-11-24-19/h3-13H,1-2H3,(H,21,22). The molecule has 5 heteroatoms. The summed E-state index contributed by atoms with van der Waals surface area (Å²) in [4.78, 5) is 16.9. The number of rotatable bonds is 5. The number of carbonyl (C=O) groups is 1. The molecule has 0 aliphatic rings. The molecule has 0 spiro atoms. The lowest BCUT2D eigenvalue weighted by atomic mass is 10.1. The van der Waals surface area contributed by atoms with E-state index in [1.807, 2.05) is 61.7 Å². The summed E-state index contributed by atoms with van der Waals surface area (Å²) in [5.41, 5.74) is 2.18. The molecule has 3 rings (SSSR count). The highest BCUT2D eigenvalue weighted by molar-refractivity contribution is 7.13. The van der Waals surface area contributed by atoms with Crippen LogP contribution in [0.25, 0.3) is 10.6 Å². The topological polar surface area (TPSA) is 51.2 Å². The Labute approximate surface area is 145 Å². The zero-order valence-corrected chi connectivity index (χ0v) is 14.3. The number of anilines is 1. The van der Waals surface area contributed by atoms with E-state index in [1.165, 1.54) is 0 Å². The van der Waals surface area contributed by atoms with E-state index in [2.05, 4.69) is 10.3 Å². The summed E-state index contributed by atoms with van der Waals surface area (Å²) in [5.74, 6) is 0.491. The van der Waals surface area contributed by atoms with Gasteiger partial charge in [-0.05, 0) is 38.1 Å². The summed E-state index contributed by atoms with van der Waals surface area (Å²) in [7, 11) is 0. The van der Waals surface area contributed by atoms with Gasteiger partial charge in [0.2, 0.25) is 0 Å². The molecule has 1 N–H and O–H groups in total. The van der Waals surface area contributed by atoms with Crippen LogP contribution in [0.3, 0.4) is 0 Å². The third-order valence-electron chi connectivity index (χ3n) is 3.30. The minimum atomic E-state index is -0.173. The van der Waals surface area contributed by atoms with Crippen molar-refractivity contribution in [2.75, 3.05) is 5.32 Å². The van der Waals surface area contributed by atoms with Gasteiger partial charge in [-0.25, -0.2) is 4.98 Å². The molecule has 3 aromatic rings. The molecular formula is C19H18N2O2S. The monoisotopic (exact) mass is 338 g/mol. The van der Waals surface area contributed by atoms with Gasteiger partial charge in [0, 0.05) is 22.7 Å². The lowest BCUT2D eigenvalue weighted by Gasteiger charge is -2.15. The van der Waals surface area contributed by atoms with Crippen LogP contribution in [-0.2, 0) is 0 Å². The molecule has 0 saturated carbocycles. The first-order valence-electron chi connectivity index (χ1n) is 7.70. The smallest absolute Gasteiger partial charge is 0.255 e. The van der Waals surface area contributed by atoms with Crippen LogP contribution in [0.5, 0.6) is 5.75 Å². The Kier molecular flexibility index (Phi) is 4.91. The number of para-hydroxylation sites is 2. The number of ether oxygens (including phenoxy) is 1. The Bertz CT molecular complexity index is 829. The van der Waals surface area contributed by atoms with Crippen molar-refractivity contribution in [3.8, 4) is 16.3 Å². The first kappa shape index (κ1) is 16.2. The molecule has 24 heavy (non-hydrogen) atoms. The molecule has 2 aromatic carbocycles. The van der Waals surface area contributed by atoms with Crippen molar-refractivity contribution in [1.82, 2.24) is 4.98 Å². The summed E-state index contributed by atoms with van der Waals surface area (Å²) in [6.07, 6.45) is 1.79. The van der Waals surface area contributed by atoms with Crippen LogP contribution in [0, 0.1) is 0 Å². The van der Waals surface area contributed by atoms with Gasteiger partial charge < -0.3 is 10.1 Å². The lowest BCUT2D eigenvalue weighted by Crippen LogP contribution is -2.14. The predicted molar refractivity (Wildman–Crippen MR) is 97.7 cm³/mol. The molecular weight excluding hydrogens is 320 g/mol. The fourth-order valence-corrected chi connectivity index (χ4v) is 2.92. The molecule has 0 fully saturated rings. The second-order valence-corrected chi connectivity index (χ2v) is 6.43. The van der Waals surface area contributed by atoms with Crippen LogP contribution >= 0.6 is 11.3 Å². The molecule has 0 bridgehead atoms. The van der Waals surface area contributed by atoms with Crippen molar-refractivity contribution in [3.05, 3.63) is 65.7 Å². The molecule has 0 aliphatic heterocycles. The first-order valence-corrected chi connectivity index (χ1v) is 8.58. The van der Waals surface area contributed by atoms with Crippen LogP contribution in [0.15, 0.2) is 60.1 Å². The molecule has 1 heterocycles. The van der Waals surface area contributed by atoms with E-state index in [9.17, 15) is 4.79 Å². The third-order valence-corrected chi connectivity index (χ3v) is 4.12. The molecule has 0 unspecified atom stereocenters. The summed E-state index contributed by atoms with van der Waals surface area (Å²) in [6.45, 7) is 3.91. The molecule has 1 aromatic heterocycles. The summed E-state index contributed by atoms with van der Waals surface area (Å²) in [5, 5.41) is 5.74. The number of hydrogen-bond donors (Lipinski definition) is 1. The van der Waals surface area contributed by atoms with E-state index in [0.717, 1.165) is 10.6 Å². The summed E-state index contributed by atoms with van der Waals surface area (Å²) in [6, 6.07) is 14.9. The minimum absolute atomic E-state index is 0.0382. The number of hydrogen-bond acceptors (Lipinski definition) is 4. The normalized spacial score (nSPS) is 10.6. The van der Waals surface area contributed by atoms with E-state index in [4.69, 9.17) is 4.74 Å². The Morgan fingerprint density at radius 3 is 2.75 bits per heavy atom. The highest BCUT2D eigenvalue weighted by Gasteiger charge is 2.12. The van der Waals surface area contributed by atoms with Crippen LogP contribution < -0.4 is 10.1 Å². The fourth-order valence-electron chi connectivity index (χ4n) is 2.28. The van der Waals surface area contributed by atoms with Crippen LogP contribution in [-0.4, -0.2) is 17.0 Å². The zero-order valence-electron chi connectivity index (χ0n) is 13.5. The molecule has 0 aliphatic carbocycles. The maximum atomic E-state index is 12.6. The van der Waals surface area contributed by atoms with Crippen LogP contribution in [0.1, 0.15) is 24.2 Å². The highest BCUT2D eigenvalue weighted by atomic mass is 32.1. The SMILES string of the molecule is CC(C)Oc1ccccc1NC(=O)c1cccc(-c2nccs2)c1. The molecule has 0 atom stereocenters. The van der Waals surface area contributed by atoms with Gasteiger partial charge in [0.1, 0.15) is 10.8 Å². The molecule has 0 saturated heterocycles. The Balaban J connectivity index is 1.82. The van der Waals surface area contributed by atoms with Gasteiger partial charge in [0.05, 0.1) is 11.8 Å². The maximum absolute atomic E-state index is 12.6. The Hall–Kier alpha value is -2.66. The number of nitrogens with zero attached hydrogens (tertiary/aromatic N) is 1. The van der Waals surface area contributed by atoms with Gasteiger partial charge in [-0.3, -0.25) is 4.79 Å². The van der Waals surface area contributed by atoms with E-state index in [-0.39, 0.29) is 12.0 Å². The average Bonchev–Trinajstić information content (AvgIpc) is 3.11. The van der Waals surface area contributed by atoms with Crippen molar-refractivity contribution in [1.29, 1.82) is 0 Å². The zero-order chi connectivity index (χ0) is 16.9. The van der Waals surface area contributed by atoms with Gasteiger partial charge in [0.25, 0.3) is 5.91 Å². The summed E-state index contributed by atoms with van der Waals surface area (Å²) >= 11 is 1.55. The highest BCUT2D eigenvalue weighted by Crippen LogP contribution is 2.26. The van der Waals surface area contributed by atoms with Crippen molar-refractivity contribution in [2.45, 2.75) is 20.0 Å². The van der Waals surface area contributed by atoms with E-state index in [0.29, 0.717) is 17.0 Å². The lowest BCUT2D eigenvalue weighted by molar-refractivity contribution is 0.102. The Morgan fingerprint density at radius 2 is 2.00 bits per heavy atom. The predicted octanol–water partition coefficient (Wildman–Crippen LogP) is 4.85. The van der Waals surface area contributed by atoms with Crippen molar-refractivity contribution in [2.24, 2.45) is 0 Å². The number of benzene rings is 2. The van der Waals surface area contributed by atoms with Gasteiger partial charge in [-0.1, -0.05) is 24.3 Å². The van der Waals surface area contributed by atoms with Crippen LogP contribution in [0.2, 0.25) is 0 Å². The Morgan fingerprint density at radius 1 is 1.17 bits per heavy atom. The molecule has 1 amide bonds. The fraction of sp³-hybridized carbons (Fsp3) is 0.158. The van der Waals surface area contributed by atoms with Crippen molar-refractivity contribution < 1.29 is 9.53 Å². The third kappa shape index (κ3) is 3.81. The van der Waals surface area contributed by atoms with E-state index < -0.39 is 0 Å². The number of aromatic nitrogens is 1. The average molecular weight is 338 g/mol. The number of amides is 1. The van der Waals surface area contributed by atoms with Gasteiger partial charge in [-0.15, -0.1) is 11.3 Å². The number of nitrogens with one attached hydrogen (secondary N) is 1. The maximum Gasteiger partial charge on any atom is 0.255 e. The van der Waals surface area contributed by atoms with Crippen molar-refractivity contribution in [3.63, 3.8) is 0 Å². The second-order valence-electron chi connectivity index (χ2n) is 5.53. The van der Waals surface area contributed by atoms with Gasteiger partial charge >= 0.3 is 0 Å². The van der Waals surface area contributed by atoms with Crippen LogP contribution in [0.4, 0.5) is 5.69 Å². The molecule has 4 nitrogen and oxygen atoms in total. The molecule has 122 valence electrons. The largest absolute Gasteiger partial charge is 0.489 e.